The number of carboxylic acid groups (broad SMARTS) is 1. The summed E-state index contributed by atoms with van der Waals surface area (Å²) in [5.41, 5.74) is 0.102. The van der Waals surface area contributed by atoms with Crippen molar-refractivity contribution in [3.63, 3.8) is 0 Å². The highest BCUT2D eigenvalue weighted by atomic mass is 16.5. The Labute approximate surface area is 132 Å². The van der Waals surface area contributed by atoms with E-state index in [4.69, 9.17) is 10.4 Å². The van der Waals surface area contributed by atoms with Gasteiger partial charge in [0.1, 0.15) is 11.6 Å². The Balaban J connectivity index is 2.81. The number of nitriles is 1. The summed E-state index contributed by atoms with van der Waals surface area (Å²) in [6, 6.07) is 7.89. The fourth-order valence-corrected chi connectivity index (χ4v) is 1.57. The van der Waals surface area contributed by atoms with Crippen LogP contribution in [0, 0.1) is 11.3 Å². The fraction of sp³-hybridized carbons (Fsp3) is 0.200. The van der Waals surface area contributed by atoms with Crippen LogP contribution in [-0.2, 0) is 14.3 Å². The molecule has 3 N–H and O–H groups in total. The van der Waals surface area contributed by atoms with Gasteiger partial charge in [0.05, 0.1) is 24.8 Å². The van der Waals surface area contributed by atoms with Crippen LogP contribution in [0.1, 0.15) is 16.8 Å². The molecule has 0 bridgehead atoms. The topological polar surface area (TPSA) is 129 Å². The summed E-state index contributed by atoms with van der Waals surface area (Å²) in [5.74, 6) is -2.35. The molecule has 1 aromatic rings. The van der Waals surface area contributed by atoms with Crippen LogP contribution in [0.5, 0.6) is 0 Å². The van der Waals surface area contributed by atoms with Crippen LogP contribution in [0.15, 0.2) is 36.0 Å². The molecule has 8 nitrogen and oxygen atoms in total. The molecular weight excluding hydrogens is 302 g/mol. The molecule has 0 fully saturated rings. The molecule has 8 heteroatoms. The number of hydrogen-bond donors (Lipinski definition) is 3. The monoisotopic (exact) mass is 317 g/mol. The van der Waals surface area contributed by atoms with Crippen LogP contribution >= 0.6 is 0 Å². The zero-order valence-corrected chi connectivity index (χ0v) is 12.3. The van der Waals surface area contributed by atoms with Crippen LogP contribution in [-0.4, -0.2) is 36.6 Å². The van der Waals surface area contributed by atoms with Crippen molar-refractivity contribution in [1.29, 1.82) is 5.26 Å². The van der Waals surface area contributed by atoms with Crippen LogP contribution < -0.4 is 10.6 Å². The normalized spacial score (nSPS) is 10.3. The molecule has 0 saturated heterocycles. The van der Waals surface area contributed by atoms with Crippen molar-refractivity contribution in [2.24, 2.45) is 0 Å². The van der Waals surface area contributed by atoms with E-state index in [1.165, 1.54) is 19.2 Å². The molecule has 0 atom stereocenters. The predicted molar refractivity (Wildman–Crippen MR) is 80.4 cm³/mol. The molecule has 0 aliphatic carbocycles. The minimum absolute atomic E-state index is 0.0759. The third kappa shape index (κ3) is 5.51. The van der Waals surface area contributed by atoms with Gasteiger partial charge in [0.2, 0.25) is 0 Å². The largest absolute Gasteiger partial charge is 0.481 e. The van der Waals surface area contributed by atoms with Crippen molar-refractivity contribution in [2.75, 3.05) is 19.0 Å². The van der Waals surface area contributed by atoms with E-state index >= 15 is 0 Å². The van der Waals surface area contributed by atoms with Gasteiger partial charge in [-0.2, -0.15) is 5.26 Å². The highest BCUT2D eigenvalue weighted by Gasteiger charge is 2.15. The number of rotatable bonds is 7. The van der Waals surface area contributed by atoms with Gasteiger partial charge in [-0.3, -0.25) is 9.59 Å². The number of carboxylic acids is 1. The Morgan fingerprint density at radius 3 is 2.65 bits per heavy atom. The lowest BCUT2D eigenvalue weighted by atomic mass is 10.1. The maximum atomic E-state index is 12.0. The predicted octanol–water partition coefficient (Wildman–Crippen LogP) is 0.883. The van der Waals surface area contributed by atoms with Crippen LogP contribution in [0.3, 0.4) is 0 Å². The first-order chi connectivity index (χ1) is 11.0. The van der Waals surface area contributed by atoms with Gasteiger partial charge in [-0.25, -0.2) is 4.79 Å². The molecule has 0 unspecified atom stereocenters. The van der Waals surface area contributed by atoms with E-state index in [1.807, 2.05) is 0 Å². The molecular formula is C15H15N3O5. The van der Waals surface area contributed by atoms with E-state index in [-0.39, 0.29) is 29.8 Å². The lowest BCUT2D eigenvalue weighted by Gasteiger charge is -2.09. The van der Waals surface area contributed by atoms with E-state index in [9.17, 15) is 14.4 Å². The second kappa shape index (κ2) is 8.84. The third-order valence-corrected chi connectivity index (χ3v) is 2.68. The van der Waals surface area contributed by atoms with Gasteiger partial charge in [0.15, 0.2) is 0 Å². The molecule has 0 aliphatic heterocycles. The number of anilines is 1. The molecule has 1 aromatic carbocycles. The summed E-state index contributed by atoms with van der Waals surface area (Å²) in [6.07, 6.45) is 0.973. The number of carbonyl (C=O) groups excluding carboxylic acids is 2. The van der Waals surface area contributed by atoms with Gasteiger partial charge in [0, 0.05) is 12.7 Å². The Hall–Kier alpha value is -3.34. The van der Waals surface area contributed by atoms with Gasteiger partial charge in [-0.05, 0) is 12.1 Å². The molecule has 0 saturated carbocycles. The Morgan fingerprint density at radius 2 is 2.04 bits per heavy atom. The number of nitrogens with one attached hydrogen (secondary N) is 2. The summed E-state index contributed by atoms with van der Waals surface area (Å²) in [5, 5.41) is 22.5. The van der Waals surface area contributed by atoms with Crippen molar-refractivity contribution in [3.8, 4) is 6.07 Å². The van der Waals surface area contributed by atoms with Crippen LogP contribution in [0.2, 0.25) is 0 Å². The maximum absolute atomic E-state index is 12.0. The molecule has 0 spiro atoms. The number of aliphatic carboxylic acids is 1. The number of esters is 1. The Bertz CT molecular complexity index is 676. The second-order valence-electron chi connectivity index (χ2n) is 4.26. The van der Waals surface area contributed by atoms with E-state index < -0.39 is 17.8 Å². The number of ether oxygens (including phenoxy) is 1. The number of methoxy groups -OCH3 is 1. The van der Waals surface area contributed by atoms with Gasteiger partial charge in [-0.1, -0.05) is 12.1 Å². The van der Waals surface area contributed by atoms with Crippen molar-refractivity contribution in [2.45, 2.75) is 6.42 Å². The number of benzene rings is 1. The number of nitrogens with zero attached hydrogens (tertiary/aromatic N) is 1. The average molecular weight is 317 g/mol. The van der Waals surface area contributed by atoms with E-state index in [2.05, 4.69) is 15.4 Å². The first kappa shape index (κ1) is 17.7. The summed E-state index contributed by atoms with van der Waals surface area (Å²) >= 11 is 0. The summed E-state index contributed by atoms with van der Waals surface area (Å²) in [6.45, 7) is 0.0759. The summed E-state index contributed by atoms with van der Waals surface area (Å²) in [4.78, 5) is 34.0. The molecule has 1 rings (SSSR count). The standard InChI is InChI=1S/C15H15N3O5/c1-23-15(22)11-4-2-3-5-12(11)18-14(21)10(8-16)9-17-7-6-13(19)20/h2-5,9,17H,6-7H2,1H3,(H,18,21)(H,19,20)/b10-9-. The second-order valence-corrected chi connectivity index (χ2v) is 4.26. The molecule has 120 valence electrons. The summed E-state index contributed by atoms with van der Waals surface area (Å²) in [7, 11) is 1.22. The third-order valence-electron chi connectivity index (χ3n) is 2.68. The highest BCUT2D eigenvalue weighted by Crippen LogP contribution is 2.16. The number of hydrogen-bond acceptors (Lipinski definition) is 6. The van der Waals surface area contributed by atoms with Crippen molar-refractivity contribution in [1.82, 2.24) is 5.32 Å². The summed E-state index contributed by atoms with van der Waals surface area (Å²) < 4.78 is 4.61. The zero-order chi connectivity index (χ0) is 17.2. The molecule has 0 aliphatic rings. The van der Waals surface area contributed by atoms with Crippen molar-refractivity contribution in [3.05, 3.63) is 41.6 Å². The minimum atomic E-state index is -0.999. The minimum Gasteiger partial charge on any atom is -0.481 e. The molecule has 0 radical (unpaired) electrons. The van der Waals surface area contributed by atoms with Crippen molar-refractivity contribution >= 4 is 23.5 Å². The Morgan fingerprint density at radius 1 is 1.35 bits per heavy atom. The van der Waals surface area contributed by atoms with E-state index in [0.717, 1.165) is 6.20 Å². The molecule has 0 heterocycles. The SMILES string of the molecule is COC(=O)c1ccccc1NC(=O)/C(C#N)=C\NCCC(=O)O. The number of amides is 1. The maximum Gasteiger partial charge on any atom is 0.339 e. The van der Waals surface area contributed by atoms with E-state index in [0.29, 0.717) is 0 Å². The first-order valence-electron chi connectivity index (χ1n) is 6.53. The first-order valence-corrected chi connectivity index (χ1v) is 6.53. The van der Waals surface area contributed by atoms with Gasteiger partial charge in [-0.15, -0.1) is 0 Å². The van der Waals surface area contributed by atoms with Crippen molar-refractivity contribution < 1.29 is 24.2 Å². The lowest BCUT2D eigenvalue weighted by Crippen LogP contribution is -2.19. The van der Waals surface area contributed by atoms with Gasteiger partial charge >= 0.3 is 11.9 Å². The fourth-order valence-electron chi connectivity index (χ4n) is 1.57. The number of carbonyl (C=O) groups is 3. The number of para-hydroxylation sites is 1. The van der Waals surface area contributed by atoms with Gasteiger partial charge < -0.3 is 20.5 Å². The quantitative estimate of drug-likeness (QED) is 0.295. The lowest BCUT2D eigenvalue weighted by molar-refractivity contribution is -0.136. The van der Waals surface area contributed by atoms with Crippen LogP contribution in [0.25, 0.3) is 0 Å². The highest BCUT2D eigenvalue weighted by molar-refractivity contribution is 6.09. The molecule has 0 aromatic heterocycles. The van der Waals surface area contributed by atoms with E-state index in [1.54, 1.807) is 18.2 Å². The van der Waals surface area contributed by atoms with Crippen LogP contribution in [0.4, 0.5) is 5.69 Å². The Kier molecular flexibility index (Phi) is 6.81. The molecule has 1 amide bonds. The van der Waals surface area contributed by atoms with Gasteiger partial charge in [0.25, 0.3) is 5.91 Å². The average Bonchev–Trinajstić information content (AvgIpc) is 2.54. The zero-order valence-electron chi connectivity index (χ0n) is 12.3. The molecule has 23 heavy (non-hydrogen) atoms. The smallest absolute Gasteiger partial charge is 0.339 e.